The monoisotopic (exact) mass is 356 g/mol. The summed E-state index contributed by atoms with van der Waals surface area (Å²) in [4.78, 5) is 15.6. The van der Waals surface area contributed by atoms with Crippen molar-refractivity contribution in [2.75, 3.05) is 11.1 Å². The van der Waals surface area contributed by atoms with E-state index in [9.17, 15) is 13.2 Å². The lowest BCUT2D eigenvalue weighted by Gasteiger charge is -2.10. The van der Waals surface area contributed by atoms with Gasteiger partial charge in [-0.1, -0.05) is 37.3 Å². The molecule has 0 aliphatic carbocycles. The Balaban J connectivity index is 1.72. The SMILES string of the molecule is CCS(=O)(=O)c1ccccc1NC(=O)CCc1c[nH]c2ccccc12. The number of carbonyl (C=O) groups is 1. The first kappa shape index (κ1) is 17.2. The summed E-state index contributed by atoms with van der Waals surface area (Å²) in [7, 11) is -3.38. The van der Waals surface area contributed by atoms with Crippen molar-refractivity contribution in [1.29, 1.82) is 0 Å². The maximum atomic E-state index is 12.3. The van der Waals surface area contributed by atoms with Crippen LogP contribution in [0.15, 0.2) is 59.6 Å². The van der Waals surface area contributed by atoms with Crippen molar-refractivity contribution in [3.63, 3.8) is 0 Å². The highest BCUT2D eigenvalue weighted by Gasteiger charge is 2.17. The van der Waals surface area contributed by atoms with Gasteiger partial charge in [0.05, 0.1) is 16.3 Å². The molecule has 0 radical (unpaired) electrons. The molecule has 3 aromatic rings. The van der Waals surface area contributed by atoms with Crippen LogP contribution in [-0.4, -0.2) is 25.1 Å². The van der Waals surface area contributed by atoms with Gasteiger partial charge in [0.1, 0.15) is 0 Å². The number of aromatic amines is 1. The molecule has 1 amide bonds. The van der Waals surface area contributed by atoms with Crippen molar-refractivity contribution in [2.24, 2.45) is 0 Å². The molecule has 2 N–H and O–H groups in total. The summed E-state index contributed by atoms with van der Waals surface area (Å²) in [6, 6.07) is 14.4. The van der Waals surface area contributed by atoms with Crippen LogP contribution in [0.1, 0.15) is 18.9 Å². The predicted octanol–water partition coefficient (Wildman–Crippen LogP) is 3.53. The van der Waals surface area contributed by atoms with Gasteiger partial charge < -0.3 is 10.3 Å². The standard InChI is InChI=1S/C19H20N2O3S/c1-2-25(23,24)18-10-6-5-9-17(18)21-19(22)12-11-14-13-20-16-8-4-3-7-15(14)16/h3-10,13,20H,2,11-12H2,1H3,(H,21,22). The Labute approximate surface area is 147 Å². The van der Waals surface area contributed by atoms with Gasteiger partial charge in [-0.25, -0.2) is 8.42 Å². The first-order valence-electron chi connectivity index (χ1n) is 8.18. The average molecular weight is 356 g/mol. The number of aromatic nitrogens is 1. The molecular formula is C19H20N2O3S. The molecule has 1 aromatic heterocycles. The number of para-hydroxylation sites is 2. The van der Waals surface area contributed by atoms with Crippen LogP contribution >= 0.6 is 0 Å². The molecule has 5 nitrogen and oxygen atoms in total. The van der Waals surface area contributed by atoms with Crippen molar-refractivity contribution >= 4 is 32.3 Å². The number of anilines is 1. The summed E-state index contributed by atoms with van der Waals surface area (Å²) in [6.07, 6.45) is 2.77. The zero-order valence-electron chi connectivity index (χ0n) is 14.0. The van der Waals surface area contributed by atoms with Gasteiger partial charge in [0.25, 0.3) is 0 Å². The Morgan fingerprint density at radius 1 is 1.08 bits per heavy atom. The summed E-state index contributed by atoms with van der Waals surface area (Å²) in [5.74, 6) is -0.209. The third kappa shape index (κ3) is 3.74. The van der Waals surface area contributed by atoms with Gasteiger partial charge >= 0.3 is 0 Å². The number of sulfone groups is 1. The van der Waals surface area contributed by atoms with Crippen molar-refractivity contribution in [2.45, 2.75) is 24.7 Å². The van der Waals surface area contributed by atoms with E-state index in [0.717, 1.165) is 16.5 Å². The number of amides is 1. The van der Waals surface area contributed by atoms with Crippen molar-refractivity contribution in [3.05, 3.63) is 60.3 Å². The summed E-state index contributed by atoms with van der Waals surface area (Å²) >= 11 is 0. The van der Waals surface area contributed by atoms with Crippen LogP contribution < -0.4 is 5.32 Å². The van der Waals surface area contributed by atoms with Gasteiger partial charge in [0.2, 0.25) is 5.91 Å². The van der Waals surface area contributed by atoms with Crippen LogP contribution in [0, 0.1) is 0 Å². The molecule has 0 saturated heterocycles. The topological polar surface area (TPSA) is 79.0 Å². The first-order valence-corrected chi connectivity index (χ1v) is 9.83. The number of fused-ring (bicyclic) bond motifs is 1. The number of benzene rings is 2. The Hall–Kier alpha value is -2.60. The second-order valence-electron chi connectivity index (χ2n) is 5.81. The third-order valence-electron chi connectivity index (χ3n) is 4.17. The lowest BCUT2D eigenvalue weighted by molar-refractivity contribution is -0.116. The molecule has 130 valence electrons. The molecular weight excluding hydrogens is 336 g/mol. The fraction of sp³-hybridized carbons (Fsp3) is 0.211. The number of H-pyrrole nitrogens is 1. The van der Waals surface area contributed by atoms with Gasteiger partial charge in [-0.2, -0.15) is 0 Å². The Bertz CT molecular complexity index is 1010. The maximum absolute atomic E-state index is 12.3. The molecule has 0 bridgehead atoms. The fourth-order valence-corrected chi connectivity index (χ4v) is 3.85. The third-order valence-corrected chi connectivity index (χ3v) is 5.96. The first-order chi connectivity index (χ1) is 12.0. The lowest BCUT2D eigenvalue weighted by atomic mass is 10.1. The van der Waals surface area contributed by atoms with E-state index >= 15 is 0 Å². The van der Waals surface area contributed by atoms with E-state index in [1.165, 1.54) is 6.07 Å². The molecule has 6 heteroatoms. The second kappa shape index (κ2) is 7.11. The highest BCUT2D eigenvalue weighted by molar-refractivity contribution is 7.91. The quantitative estimate of drug-likeness (QED) is 0.709. The molecule has 0 unspecified atom stereocenters. The van der Waals surface area contributed by atoms with Crippen LogP contribution in [0.5, 0.6) is 0 Å². The number of aryl methyl sites for hydroxylation is 1. The molecule has 0 saturated carbocycles. The van der Waals surface area contributed by atoms with E-state index in [4.69, 9.17) is 0 Å². The zero-order valence-corrected chi connectivity index (χ0v) is 14.8. The van der Waals surface area contributed by atoms with Crippen LogP contribution in [0.3, 0.4) is 0 Å². The van der Waals surface area contributed by atoms with Crippen molar-refractivity contribution in [1.82, 2.24) is 4.98 Å². The van der Waals surface area contributed by atoms with Crippen LogP contribution in [-0.2, 0) is 21.1 Å². The van der Waals surface area contributed by atoms with Crippen molar-refractivity contribution in [3.8, 4) is 0 Å². The summed E-state index contributed by atoms with van der Waals surface area (Å²) < 4.78 is 24.3. The van der Waals surface area contributed by atoms with E-state index < -0.39 is 9.84 Å². The fourth-order valence-electron chi connectivity index (χ4n) is 2.80. The normalized spacial score (nSPS) is 11.6. The Morgan fingerprint density at radius 3 is 2.60 bits per heavy atom. The molecule has 1 heterocycles. The van der Waals surface area contributed by atoms with Crippen LogP contribution in [0.25, 0.3) is 10.9 Å². The minimum atomic E-state index is -3.38. The average Bonchev–Trinajstić information content (AvgIpc) is 3.03. The highest BCUT2D eigenvalue weighted by Crippen LogP contribution is 2.23. The summed E-state index contributed by atoms with van der Waals surface area (Å²) in [5, 5.41) is 3.83. The number of nitrogens with one attached hydrogen (secondary N) is 2. The predicted molar refractivity (Wildman–Crippen MR) is 99.4 cm³/mol. The van der Waals surface area contributed by atoms with Gasteiger partial charge in [0.15, 0.2) is 9.84 Å². The Morgan fingerprint density at radius 2 is 1.80 bits per heavy atom. The maximum Gasteiger partial charge on any atom is 0.224 e. The van der Waals surface area contributed by atoms with Gasteiger partial charge in [0, 0.05) is 23.5 Å². The van der Waals surface area contributed by atoms with E-state index in [2.05, 4.69) is 10.3 Å². The summed E-state index contributed by atoms with van der Waals surface area (Å²) in [6.45, 7) is 1.59. The van der Waals surface area contributed by atoms with Crippen molar-refractivity contribution < 1.29 is 13.2 Å². The number of rotatable bonds is 6. The van der Waals surface area contributed by atoms with E-state index in [0.29, 0.717) is 12.1 Å². The summed E-state index contributed by atoms with van der Waals surface area (Å²) in [5.41, 5.74) is 2.45. The largest absolute Gasteiger partial charge is 0.361 e. The number of carbonyl (C=O) groups excluding carboxylic acids is 1. The zero-order chi connectivity index (χ0) is 17.9. The highest BCUT2D eigenvalue weighted by atomic mass is 32.2. The van der Waals surface area contributed by atoms with Gasteiger partial charge in [-0.3, -0.25) is 4.79 Å². The van der Waals surface area contributed by atoms with Gasteiger partial charge in [-0.15, -0.1) is 0 Å². The number of hydrogen-bond donors (Lipinski definition) is 2. The molecule has 0 aliphatic rings. The van der Waals surface area contributed by atoms with E-state index in [1.54, 1.807) is 25.1 Å². The molecule has 25 heavy (non-hydrogen) atoms. The molecule has 0 spiro atoms. The minimum Gasteiger partial charge on any atom is -0.361 e. The second-order valence-corrected chi connectivity index (χ2v) is 8.05. The van der Waals surface area contributed by atoms with Crippen LogP contribution in [0.2, 0.25) is 0 Å². The van der Waals surface area contributed by atoms with E-state index in [-0.39, 0.29) is 23.0 Å². The number of hydrogen-bond acceptors (Lipinski definition) is 3. The molecule has 3 rings (SSSR count). The van der Waals surface area contributed by atoms with Crippen LogP contribution in [0.4, 0.5) is 5.69 Å². The molecule has 0 aliphatic heterocycles. The molecule has 0 atom stereocenters. The minimum absolute atomic E-state index is 0.00474. The van der Waals surface area contributed by atoms with E-state index in [1.807, 2.05) is 30.5 Å². The Kier molecular flexibility index (Phi) is 4.90. The van der Waals surface area contributed by atoms with Gasteiger partial charge in [-0.05, 0) is 30.2 Å². The molecule has 0 fully saturated rings. The lowest BCUT2D eigenvalue weighted by Crippen LogP contribution is -2.15. The smallest absolute Gasteiger partial charge is 0.224 e. The molecule has 2 aromatic carbocycles.